The quantitative estimate of drug-likeness (QED) is 0.872. The van der Waals surface area contributed by atoms with E-state index in [2.05, 4.69) is 26.1 Å². The average Bonchev–Trinajstić information content (AvgIpc) is 2.74. The Labute approximate surface area is 118 Å². The van der Waals surface area contributed by atoms with Crippen LogP contribution < -0.4 is 5.32 Å². The predicted molar refractivity (Wildman–Crippen MR) is 79.7 cm³/mol. The second kappa shape index (κ2) is 5.55. The van der Waals surface area contributed by atoms with Gasteiger partial charge in [-0.1, -0.05) is 32.9 Å². The van der Waals surface area contributed by atoms with Crippen LogP contribution in [0.1, 0.15) is 36.7 Å². The molecule has 4 heteroatoms. The Morgan fingerprint density at radius 2 is 1.89 bits per heavy atom. The van der Waals surface area contributed by atoms with Gasteiger partial charge in [0.1, 0.15) is 0 Å². The van der Waals surface area contributed by atoms with Crippen molar-refractivity contribution in [1.82, 2.24) is 5.32 Å². The normalized spacial score (nSPS) is 23.4. The topological polar surface area (TPSA) is 49.3 Å². The maximum absolute atomic E-state index is 12.1. The van der Waals surface area contributed by atoms with E-state index in [0.717, 1.165) is 5.75 Å². The molecule has 1 aliphatic rings. The van der Waals surface area contributed by atoms with Gasteiger partial charge in [0.2, 0.25) is 0 Å². The van der Waals surface area contributed by atoms with Crippen LogP contribution in [0.4, 0.5) is 0 Å². The van der Waals surface area contributed by atoms with Crippen LogP contribution in [0.25, 0.3) is 0 Å². The number of benzene rings is 1. The van der Waals surface area contributed by atoms with Crippen LogP contribution in [-0.2, 0) is 5.41 Å². The van der Waals surface area contributed by atoms with Crippen LogP contribution in [0, 0.1) is 0 Å². The van der Waals surface area contributed by atoms with Gasteiger partial charge in [0.25, 0.3) is 5.91 Å². The van der Waals surface area contributed by atoms with Crippen molar-refractivity contribution < 1.29 is 9.90 Å². The Morgan fingerprint density at radius 1 is 1.26 bits per heavy atom. The van der Waals surface area contributed by atoms with Crippen molar-refractivity contribution in [2.45, 2.75) is 38.3 Å². The molecule has 104 valence electrons. The SMILES string of the molecule is CC(C)(C)c1ccc(C(=O)NC2CSCC2O)cc1. The smallest absolute Gasteiger partial charge is 0.251 e. The van der Waals surface area contributed by atoms with Crippen molar-refractivity contribution in [2.75, 3.05) is 11.5 Å². The van der Waals surface area contributed by atoms with Gasteiger partial charge in [0, 0.05) is 17.1 Å². The van der Waals surface area contributed by atoms with E-state index >= 15 is 0 Å². The number of carbonyl (C=O) groups is 1. The number of hydrogen-bond donors (Lipinski definition) is 2. The van der Waals surface area contributed by atoms with Crippen LogP contribution in [0.15, 0.2) is 24.3 Å². The molecular weight excluding hydrogens is 258 g/mol. The summed E-state index contributed by atoms with van der Waals surface area (Å²) >= 11 is 1.67. The fourth-order valence-electron chi connectivity index (χ4n) is 2.05. The van der Waals surface area contributed by atoms with Gasteiger partial charge in [-0.05, 0) is 23.1 Å². The summed E-state index contributed by atoms with van der Waals surface area (Å²) in [5.74, 6) is 1.38. The molecule has 3 nitrogen and oxygen atoms in total. The lowest BCUT2D eigenvalue weighted by Gasteiger charge is -2.19. The lowest BCUT2D eigenvalue weighted by molar-refractivity contribution is 0.0889. The summed E-state index contributed by atoms with van der Waals surface area (Å²) in [5, 5.41) is 12.6. The van der Waals surface area contributed by atoms with Crippen LogP contribution in [0.2, 0.25) is 0 Å². The minimum atomic E-state index is -0.428. The second-order valence-corrected chi connectivity index (χ2v) is 7.09. The van der Waals surface area contributed by atoms with Gasteiger partial charge in [-0.25, -0.2) is 0 Å². The van der Waals surface area contributed by atoms with E-state index in [4.69, 9.17) is 0 Å². The molecule has 0 aromatic heterocycles. The highest BCUT2D eigenvalue weighted by molar-refractivity contribution is 7.99. The largest absolute Gasteiger partial charge is 0.390 e. The first-order valence-corrected chi connectivity index (χ1v) is 7.70. The molecule has 1 aromatic rings. The van der Waals surface area contributed by atoms with E-state index in [9.17, 15) is 9.90 Å². The molecule has 0 bridgehead atoms. The summed E-state index contributed by atoms with van der Waals surface area (Å²) in [6, 6.07) is 7.57. The zero-order valence-corrected chi connectivity index (χ0v) is 12.5. The number of aliphatic hydroxyl groups excluding tert-OH is 1. The Bertz CT molecular complexity index is 450. The molecule has 0 radical (unpaired) electrons. The van der Waals surface area contributed by atoms with E-state index in [-0.39, 0.29) is 17.4 Å². The summed E-state index contributed by atoms with van der Waals surface area (Å²) in [4.78, 5) is 12.1. The second-order valence-electron chi connectivity index (χ2n) is 6.01. The molecule has 0 saturated carbocycles. The Hall–Kier alpha value is -1.00. The number of aliphatic hydroxyl groups is 1. The molecule has 1 amide bonds. The molecule has 2 rings (SSSR count). The molecule has 2 atom stereocenters. The molecule has 1 aromatic carbocycles. The highest BCUT2D eigenvalue weighted by Gasteiger charge is 2.27. The highest BCUT2D eigenvalue weighted by atomic mass is 32.2. The zero-order valence-electron chi connectivity index (χ0n) is 11.6. The van der Waals surface area contributed by atoms with Gasteiger partial charge in [0.05, 0.1) is 12.1 Å². The van der Waals surface area contributed by atoms with Crippen molar-refractivity contribution in [3.63, 3.8) is 0 Å². The first-order chi connectivity index (χ1) is 8.88. The van der Waals surface area contributed by atoms with Crippen LogP contribution in [0.5, 0.6) is 0 Å². The van der Waals surface area contributed by atoms with Gasteiger partial charge in [-0.15, -0.1) is 0 Å². The number of nitrogens with one attached hydrogen (secondary N) is 1. The number of rotatable bonds is 2. The summed E-state index contributed by atoms with van der Waals surface area (Å²) in [7, 11) is 0. The number of hydrogen-bond acceptors (Lipinski definition) is 3. The van der Waals surface area contributed by atoms with Crippen LogP contribution in [-0.4, -0.2) is 34.7 Å². The fraction of sp³-hybridized carbons (Fsp3) is 0.533. The lowest BCUT2D eigenvalue weighted by Crippen LogP contribution is -2.42. The van der Waals surface area contributed by atoms with Crippen molar-refractivity contribution >= 4 is 17.7 Å². The molecule has 1 heterocycles. The van der Waals surface area contributed by atoms with Crippen molar-refractivity contribution in [2.24, 2.45) is 0 Å². The minimum Gasteiger partial charge on any atom is -0.390 e. The third kappa shape index (κ3) is 3.51. The van der Waals surface area contributed by atoms with Crippen LogP contribution in [0.3, 0.4) is 0 Å². The number of carbonyl (C=O) groups excluding carboxylic acids is 1. The summed E-state index contributed by atoms with van der Waals surface area (Å²) < 4.78 is 0. The molecule has 1 fully saturated rings. The van der Waals surface area contributed by atoms with E-state index in [0.29, 0.717) is 11.3 Å². The van der Waals surface area contributed by atoms with E-state index in [1.54, 1.807) is 11.8 Å². The van der Waals surface area contributed by atoms with Crippen molar-refractivity contribution in [1.29, 1.82) is 0 Å². The average molecular weight is 279 g/mol. The third-order valence-corrected chi connectivity index (χ3v) is 4.55. The van der Waals surface area contributed by atoms with Crippen LogP contribution >= 0.6 is 11.8 Å². The maximum Gasteiger partial charge on any atom is 0.251 e. The van der Waals surface area contributed by atoms with Gasteiger partial charge >= 0.3 is 0 Å². The Balaban J connectivity index is 2.03. The van der Waals surface area contributed by atoms with E-state index < -0.39 is 6.10 Å². The molecule has 1 aliphatic heterocycles. The molecule has 2 unspecified atom stereocenters. The number of amides is 1. The molecule has 0 spiro atoms. The molecular formula is C15H21NO2S. The van der Waals surface area contributed by atoms with Gasteiger partial charge in [-0.2, -0.15) is 11.8 Å². The fourth-order valence-corrected chi connectivity index (χ4v) is 3.22. The third-order valence-electron chi connectivity index (χ3n) is 3.38. The first-order valence-electron chi connectivity index (χ1n) is 6.55. The highest BCUT2D eigenvalue weighted by Crippen LogP contribution is 2.22. The first kappa shape index (κ1) is 14.4. The van der Waals surface area contributed by atoms with Gasteiger partial charge < -0.3 is 10.4 Å². The summed E-state index contributed by atoms with van der Waals surface area (Å²) in [5.41, 5.74) is 1.95. The lowest BCUT2D eigenvalue weighted by atomic mass is 9.86. The summed E-state index contributed by atoms with van der Waals surface area (Å²) in [6.45, 7) is 6.44. The molecule has 1 saturated heterocycles. The van der Waals surface area contributed by atoms with E-state index in [1.807, 2.05) is 24.3 Å². The summed E-state index contributed by atoms with van der Waals surface area (Å²) in [6.07, 6.45) is -0.428. The Kier molecular flexibility index (Phi) is 4.21. The van der Waals surface area contributed by atoms with Crippen molar-refractivity contribution in [3.8, 4) is 0 Å². The molecule has 2 N–H and O–H groups in total. The number of thioether (sulfide) groups is 1. The molecule has 0 aliphatic carbocycles. The maximum atomic E-state index is 12.1. The van der Waals surface area contributed by atoms with Gasteiger partial charge in [0.15, 0.2) is 0 Å². The zero-order chi connectivity index (χ0) is 14.0. The van der Waals surface area contributed by atoms with Gasteiger partial charge in [-0.3, -0.25) is 4.79 Å². The predicted octanol–water partition coefficient (Wildman–Crippen LogP) is 2.19. The standard InChI is InChI=1S/C15H21NO2S/c1-15(2,3)11-6-4-10(5-7-11)14(18)16-12-8-19-9-13(12)17/h4-7,12-13,17H,8-9H2,1-3H3,(H,16,18). The Morgan fingerprint density at radius 3 is 2.37 bits per heavy atom. The molecule has 19 heavy (non-hydrogen) atoms. The van der Waals surface area contributed by atoms with Crippen molar-refractivity contribution in [3.05, 3.63) is 35.4 Å². The monoisotopic (exact) mass is 279 g/mol. The van der Waals surface area contributed by atoms with E-state index in [1.165, 1.54) is 5.56 Å². The minimum absolute atomic E-state index is 0.0906.